The summed E-state index contributed by atoms with van der Waals surface area (Å²) >= 11 is 0. The molecule has 3 amide bonds. The van der Waals surface area contributed by atoms with Crippen LogP contribution in [0.2, 0.25) is 0 Å². The van der Waals surface area contributed by atoms with Gasteiger partial charge in [-0.1, -0.05) is 74.0 Å². The number of carbonyl (C=O) groups excluding carboxylic acids is 2. The van der Waals surface area contributed by atoms with Crippen molar-refractivity contribution in [2.24, 2.45) is 0 Å². The van der Waals surface area contributed by atoms with Gasteiger partial charge in [-0.2, -0.15) is 0 Å². The van der Waals surface area contributed by atoms with Gasteiger partial charge in [0.2, 0.25) is 5.91 Å². The lowest BCUT2D eigenvalue weighted by molar-refractivity contribution is -0.128. The van der Waals surface area contributed by atoms with E-state index in [-0.39, 0.29) is 18.1 Å². The average molecular weight is 486 g/mol. The predicted octanol–water partition coefficient (Wildman–Crippen LogP) is 5.72. The van der Waals surface area contributed by atoms with Crippen molar-refractivity contribution in [2.75, 3.05) is 19.0 Å². The van der Waals surface area contributed by atoms with Gasteiger partial charge in [0.1, 0.15) is 24.6 Å². The molecule has 4 rings (SSSR count). The number of carbonyl (C=O) groups is 2. The molecule has 1 aliphatic rings. The first kappa shape index (κ1) is 25.3. The Hall–Kier alpha value is -3.80. The van der Waals surface area contributed by atoms with Crippen LogP contribution in [-0.2, 0) is 17.8 Å². The number of rotatable bonds is 9. The number of urea groups is 1. The molecule has 6 nitrogen and oxygen atoms in total. The summed E-state index contributed by atoms with van der Waals surface area (Å²) in [6.45, 7) is 2.62. The van der Waals surface area contributed by atoms with Crippen LogP contribution in [0.3, 0.4) is 0 Å². The number of ether oxygens (including phenoxy) is 1. The summed E-state index contributed by atoms with van der Waals surface area (Å²) in [6.07, 6.45) is 2.91. The summed E-state index contributed by atoms with van der Waals surface area (Å²) in [5.41, 5.74) is 2.90. The summed E-state index contributed by atoms with van der Waals surface area (Å²) in [4.78, 5) is 32.3. The van der Waals surface area contributed by atoms with E-state index in [1.165, 1.54) is 0 Å². The van der Waals surface area contributed by atoms with Crippen molar-refractivity contribution in [3.8, 4) is 5.75 Å². The monoisotopic (exact) mass is 485 g/mol. The molecule has 1 saturated heterocycles. The van der Waals surface area contributed by atoms with Crippen LogP contribution >= 0.6 is 0 Å². The topological polar surface area (TPSA) is 53.1 Å². The third-order valence-corrected chi connectivity index (χ3v) is 6.80. The Morgan fingerprint density at radius 3 is 2.19 bits per heavy atom. The van der Waals surface area contributed by atoms with Crippen LogP contribution in [0, 0.1) is 0 Å². The largest absolute Gasteiger partial charge is 0.489 e. The van der Waals surface area contributed by atoms with Crippen LogP contribution < -0.4 is 9.64 Å². The molecule has 0 saturated carbocycles. The fourth-order valence-electron chi connectivity index (χ4n) is 4.68. The molecule has 0 aromatic heterocycles. The minimum atomic E-state index is -0.549. The van der Waals surface area contributed by atoms with E-state index in [0.29, 0.717) is 13.0 Å². The minimum absolute atomic E-state index is 0.0182. The first-order valence-corrected chi connectivity index (χ1v) is 12.6. The summed E-state index contributed by atoms with van der Waals surface area (Å²) < 4.78 is 5.91. The second-order valence-corrected chi connectivity index (χ2v) is 9.29. The van der Waals surface area contributed by atoms with Crippen molar-refractivity contribution in [1.29, 1.82) is 0 Å². The smallest absolute Gasteiger partial charge is 0.326 e. The number of para-hydroxylation sites is 1. The van der Waals surface area contributed by atoms with Crippen molar-refractivity contribution < 1.29 is 14.3 Å². The molecule has 1 fully saturated rings. The molecule has 0 radical (unpaired) electrons. The van der Waals surface area contributed by atoms with Crippen molar-refractivity contribution in [2.45, 2.75) is 51.4 Å². The Bertz CT molecular complexity index is 1140. The number of unbranched alkanes of at least 4 members (excludes halogenated alkanes) is 1. The molecule has 6 heteroatoms. The minimum Gasteiger partial charge on any atom is -0.489 e. The zero-order chi connectivity index (χ0) is 25.5. The first-order valence-electron chi connectivity index (χ1n) is 12.6. The van der Waals surface area contributed by atoms with Gasteiger partial charge in [-0.3, -0.25) is 14.6 Å². The Balaban J connectivity index is 1.51. The van der Waals surface area contributed by atoms with Crippen molar-refractivity contribution in [3.63, 3.8) is 0 Å². The number of anilines is 1. The molecule has 0 spiro atoms. The molecule has 0 N–H and O–H groups in total. The van der Waals surface area contributed by atoms with E-state index in [2.05, 4.69) is 6.92 Å². The Kier molecular flexibility index (Phi) is 8.26. The molecule has 3 aromatic rings. The Labute approximate surface area is 214 Å². The highest BCUT2D eigenvalue weighted by Crippen LogP contribution is 2.30. The van der Waals surface area contributed by atoms with Crippen LogP contribution in [0.1, 0.15) is 37.3 Å². The maximum Gasteiger partial charge on any atom is 0.326 e. The summed E-state index contributed by atoms with van der Waals surface area (Å²) in [6, 6.07) is 26.7. The highest BCUT2D eigenvalue weighted by atomic mass is 16.5. The van der Waals surface area contributed by atoms with Gasteiger partial charge in [0, 0.05) is 26.2 Å². The van der Waals surface area contributed by atoms with Gasteiger partial charge in [0.05, 0.1) is 0 Å². The molecular formula is C30H35N3O3. The quantitative estimate of drug-likeness (QED) is 0.389. The summed E-state index contributed by atoms with van der Waals surface area (Å²) in [5.74, 6) is 0.755. The fraction of sp³-hybridized carbons (Fsp3) is 0.333. The third kappa shape index (κ3) is 5.70. The zero-order valence-electron chi connectivity index (χ0n) is 21.3. The third-order valence-electron chi connectivity index (χ3n) is 6.80. The fourth-order valence-corrected chi connectivity index (χ4v) is 4.68. The van der Waals surface area contributed by atoms with Crippen LogP contribution in [0.25, 0.3) is 0 Å². The van der Waals surface area contributed by atoms with E-state index in [0.717, 1.165) is 41.8 Å². The van der Waals surface area contributed by atoms with E-state index in [1.807, 2.05) is 92.0 Å². The van der Waals surface area contributed by atoms with Crippen molar-refractivity contribution in [1.82, 2.24) is 9.80 Å². The SMILES string of the molecule is CCCC[C@@H]1N(C)C(=O)[C@H](Cc2ccc(OCc3ccccc3)cc2)N1C(=O)N(C)c1ccccc1. The van der Waals surface area contributed by atoms with Gasteiger partial charge in [-0.25, -0.2) is 4.79 Å². The highest BCUT2D eigenvalue weighted by Gasteiger charge is 2.47. The lowest BCUT2D eigenvalue weighted by atomic mass is 10.0. The summed E-state index contributed by atoms with van der Waals surface area (Å²) in [7, 11) is 3.58. The van der Waals surface area contributed by atoms with Gasteiger partial charge in [0.25, 0.3) is 0 Å². The van der Waals surface area contributed by atoms with E-state index >= 15 is 0 Å². The zero-order valence-corrected chi connectivity index (χ0v) is 21.3. The number of likely N-dealkylation sites (N-methyl/N-ethyl adjacent to an activating group) is 1. The molecule has 1 aliphatic heterocycles. The van der Waals surface area contributed by atoms with Gasteiger partial charge in [-0.05, 0) is 48.2 Å². The Morgan fingerprint density at radius 1 is 0.917 bits per heavy atom. The summed E-state index contributed by atoms with van der Waals surface area (Å²) in [5, 5.41) is 0. The number of amides is 3. The number of nitrogens with zero attached hydrogens (tertiary/aromatic N) is 3. The average Bonchev–Trinajstić information content (AvgIpc) is 3.16. The second-order valence-electron chi connectivity index (χ2n) is 9.29. The van der Waals surface area contributed by atoms with Crippen LogP contribution in [0.15, 0.2) is 84.9 Å². The molecule has 188 valence electrons. The Morgan fingerprint density at radius 2 is 1.56 bits per heavy atom. The number of benzene rings is 3. The molecule has 0 aliphatic carbocycles. The van der Waals surface area contributed by atoms with E-state index in [9.17, 15) is 9.59 Å². The molecule has 3 aromatic carbocycles. The number of hydrogen-bond acceptors (Lipinski definition) is 3. The van der Waals surface area contributed by atoms with E-state index < -0.39 is 6.04 Å². The number of hydrogen-bond donors (Lipinski definition) is 0. The molecule has 0 unspecified atom stereocenters. The lowest BCUT2D eigenvalue weighted by Crippen LogP contribution is -2.50. The standard InChI is InChI=1S/C30H35N3O3/c1-4-5-16-28-32(3)29(34)27(33(28)30(35)31(2)25-14-10-7-11-15-25)21-23-17-19-26(20-18-23)36-22-24-12-8-6-9-13-24/h6-15,17-20,27-28H,4-5,16,21-22H2,1-3H3/t27-,28+/m0/s1. The maximum absolute atomic E-state index is 13.7. The van der Waals surface area contributed by atoms with Crippen LogP contribution in [0.4, 0.5) is 10.5 Å². The van der Waals surface area contributed by atoms with Gasteiger partial charge < -0.3 is 9.64 Å². The molecule has 1 heterocycles. The normalized spacial score (nSPS) is 17.4. The van der Waals surface area contributed by atoms with Crippen LogP contribution in [-0.4, -0.2) is 48.0 Å². The molecule has 2 atom stereocenters. The molecule has 0 bridgehead atoms. The molecule has 36 heavy (non-hydrogen) atoms. The lowest BCUT2D eigenvalue weighted by Gasteiger charge is -2.33. The van der Waals surface area contributed by atoms with Gasteiger partial charge in [0.15, 0.2) is 0 Å². The van der Waals surface area contributed by atoms with Gasteiger partial charge >= 0.3 is 6.03 Å². The maximum atomic E-state index is 13.7. The van der Waals surface area contributed by atoms with E-state index in [1.54, 1.807) is 21.7 Å². The predicted molar refractivity (Wildman–Crippen MR) is 143 cm³/mol. The van der Waals surface area contributed by atoms with Crippen molar-refractivity contribution in [3.05, 3.63) is 96.1 Å². The molecular weight excluding hydrogens is 450 g/mol. The highest BCUT2D eigenvalue weighted by molar-refractivity contribution is 5.97. The second kappa shape index (κ2) is 11.8. The van der Waals surface area contributed by atoms with Gasteiger partial charge in [-0.15, -0.1) is 0 Å². The van der Waals surface area contributed by atoms with Crippen LogP contribution in [0.5, 0.6) is 5.75 Å². The van der Waals surface area contributed by atoms with Crippen molar-refractivity contribution >= 4 is 17.6 Å². The van der Waals surface area contributed by atoms with E-state index in [4.69, 9.17) is 4.74 Å². The first-order chi connectivity index (χ1) is 17.5.